The van der Waals surface area contributed by atoms with Crippen LogP contribution in [0.2, 0.25) is 0 Å². The first-order chi connectivity index (χ1) is 47.5. The molecule has 2 N–H and O–H groups in total. The van der Waals surface area contributed by atoms with Crippen molar-refractivity contribution in [2.24, 2.45) is 0 Å². The first-order valence-corrected chi connectivity index (χ1v) is 39.5. The predicted octanol–water partition coefficient (Wildman–Crippen LogP) is -31.8. The first kappa shape index (κ1) is 119. The van der Waals surface area contributed by atoms with Gasteiger partial charge in [0, 0.05) is 56.9 Å². The summed E-state index contributed by atoms with van der Waals surface area (Å²) in [6.07, 6.45) is -65.0. The van der Waals surface area contributed by atoms with E-state index >= 15 is 0 Å². The summed E-state index contributed by atoms with van der Waals surface area (Å²) in [5.74, 6) is -4.91. The van der Waals surface area contributed by atoms with E-state index in [1.165, 1.54) is 0 Å². The normalized spacial score (nSPS) is 33.9. The van der Waals surface area contributed by atoms with Crippen molar-refractivity contribution < 1.29 is 451 Å². The van der Waals surface area contributed by atoms with Gasteiger partial charge in [-0.05, 0) is 6.42 Å². The fraction of sp³-hybridized carbons (Fsp3) is 0.950. The molecule has 0 bridgehead atoms. The molecule has 3 unspecified atom stereocenters. The van der Waals surface area contributed by atoms with Gasteiger partial charge in [-0.15, -0.1) is 0 Å². The van der Waals surface area contributed by atoms with Crippen molar-refractivity contribution in [2.45, 2.75) is 166 Å². The SMILES string of the molecule is CC[C@@]1(C(=O)OS(=O)(=O)O)O[C@H](O[C@@H]2[C@H](OS(=O)(=O)[O-])[C@H](OS(=O)(=O)[O-])[C@@H](O[C@H]3C(C(=O)OS(=O)(=O)O)O[C@H](O[C@@H]4C(COS(=O)(=O)[O-])O[C@H](OC)[C@@H](OS(=O)(=O)[O-])[C@@H]4OS(=O)(=O)[O-])[C@@H](OC)[C@@H]3OC)O[C@@H]2COS(=O)(=O)[O-])[C@H](OC)[C@@H](OC)[C@H]1O[C@@H]1O[C@@H](COS(=O)(=O)[O-])[C@H](OC)[C@H](OC)C1OC.[Na+].[Na+].[Na+].[Na+].[Na+].[Na+].[Na+]. The van der Waals surface area contributed by atoms with Crippen LogP contribution >= 0.6 is 0 Å². The number of carbonyl (C=O) groups is 2. The monoisotopic (exact) mass is 1870 g/mol. The second-order valence-electron chi connectivity index (χ2n) is 20.9. The molecule has 71 heteroatoms. The molecule has 5 fully saturated rings. The Morgan fingerprint density at radius 3 is 0.964 bits per heavy atom. The zero-order valence-corrected chi connectivity index (χ0v) is 81.7. The number of hydrogen-bond acceptors (Lipinski definition) is 53. The number of carbonyl (C=O) groups excluding carboxylic acids is 2. The summed E-state index contributed by atoms with van der Waals surface area (Å²) >= 11 is 0. The van der Waals surface area contributed by atoms with Crippen LogP contribution < -0.4 is 207 Å². The largest absolute Gasteiger partial charge is 1.00 e. The van der Waals surface area contributed by atoms with Gasteiger partial charge in [-0.1, -0.05) is 6.92 Å². The van der Waals surface area contributed by atoms with Crippen molar-refractivity contribution in [3.05, 3.63) is 0 Å². The quantitative estimate of drug-likeness (QED) is 0.0329. The van der Waals surface area contributed by atoms with Gasteiger partial charge in [0.05, 0.1) is 19.8 Å². The molecule has 0 aromatic rings. The van der Waals surface area contributed by atoms with E-state index in [-0.39, 0.29) is 207 Å². The van der Waals surface area contributed by atoms with E-state index in [0.717, 1.165) is 35.4 Å². The molecule has 0 spiro atoms. The standard InChI is InChI=1S/C40H68O55S9.7Na/c1-10-40(39(42)95-104(67,68)69)32(88-35-27(74-6)20(71-3)17(70-2)14(82-35)11-78-96(43,44)45)25(73-5)29(76-8)38(89-40)85-19-16(13-80-98(49,50)51)83-37(31(93-102(61,62)63)24(19)91-100(55,56)57)86-22-21(72-4)28(75-7)36(87-26(22)33(41)94-103(64,65)66)84-18-15(12-79-97(46,47)48)81-34(77-9)30(92-101(58,59)60)23(18)90-99(52,53)54;;;;;;;/h14-32,34-38H,10-13H2,1-9H3,(H,43,44,45)(H,46,47,48)(H,49,50,51)(H,52,53,54)(H,55,56,57)(H,58,59,60)(H,61,62,63)(H,64,65,66)(H,67,68,69);;;;;;;/q;7*+1/p-7/t14-,15?,16+,17-,18+,19-,20-,21+,22+,23+,24-,25+,26?,27?,28-,29+,30-,31-,32+,34-,35-,36-,37+,38-,40+;;;;;;;/m0......./s1. The molecule has 0 aliphatic carbocycles. The third kappa shape index (κ3) is 35.9. The van der Waals surface area contributed by atoms with Crippen LogP contribution in [-0.4, -0.2) is 358 Å². The molecule has 5 heterocycles. The molecule has 5 saturated heterocycles. The van der Waals surface area contributed by atoms with Crippen LogP contribution in [0, 0.1) is 0 Å². The summed E-state index contributed by atoms with van der Waals surface area (Å²) in [6, 6.07) is 0. The summed E-state index contributed by atoms with van der Waals surface area (Å²) in [5.41, 5.74) is -3.40. The fourth-order valence-corrected chi connectivity index (χ4v) is 14.5. The van der Waals surface area contributed by atoms with Crippen LogP contribution in [0.1, 0.15) is 13.3 Å². The topological polar surface area (TPSA) is 783 Å². The Morgan fingerprint density at radius 2 is 0.631 bits per heavy atom. The first-order valence-electron chi connectivity index (χ1n) is 27.5. The van der Waals surface area contributed by atoms with Crippen LogP contribution in [-0.2, 0) is 221 Å². The molecule has 5 aliphatic rings. The molecule has 55 nitrogen and oxygen atoms in total. The van der Waals surface area contributed by atoms with Crippen LogP contribution in [0.25, 0.3) is 0 Å². The summed E-state index contributed by atoms with van der Waals surface area (Å²) in [5, 5.41) is 0. The maximum atomic E-state index is 14.5. The van der Waals surface area contributed by atoms with Gasteiger partial charge in [-0.2, -0.15) is 16.8 Å². The average Bonchev–Trinajstić information content (AvgIpc) is 0.737. The Kier molecular flexibility index (Phi) is 53.0. The molecule has 5 rings (SSSR count). The van der Waals surface area contributed by atoms with Gasteiger partial charge >= 0.3 is 240 Å². The maximum absolute atomic E-state index is 14.5. The predicted molar refractivity (Wildman–Crippen MR) is 295 cm³/mol. The molecule has 0 radical (unpaired) electrons. The van der Waals surface area contributed by atoms with E-state index in [0.29, 0.717) is 28.4 Å². The van der Waals surface area contributed by atoms with E-state index in [1.807, 2.05) is 0 Å². The molecule has 612 valence electrons. The second kappa shape index (κ2) is 49.3. The minimum atomic E-state index is -6.70. The maximum Gasteiger partial charge on any atom is 1.00 e. The smallest absolute Gasteiger partial charge is 0.726 e. The summed E-state index contributed by atoms with van der Waals surface area (Å²) in [4.78, 5) is 28.6. The van der Waals surface area contributed by atoms with Crippen LogP contribution in [0.3, 0.4) is 0 Å². The van der Waals surface area contributed by atoms with Gasteiger partial charge in [0.25, 0.3) is 0 Å². The van der Waals surface area contributed by atoms with E-state index < -0.39 is 285 Å². The molecule has 0 aromatic carbocycles. The molecule has 5 aliphatic heterocycles. The number of ether oxygens (including phenoxy) is 17. The Labute approximate surface area is 789 Å². The molecule has 0 amide bonds. The number of rotatable bonds is 38. The Bertz CT molecular complexity index is 4010. The van der Waals surface area contributed by atoms with Crippen LogP contribution in [0.15, 0.2) is 0 Å². The van der Waals surface area contributed by atoms with Crippen LogP contribution in [0.4, 0.5) is 0 Å². The number of hydrogen-bond donors (Lipinski definition) is 2. The number of methoxy groups -OCH3 is 8. The molecule has 25 atom stereocenters. The third-order valence-electron chi connectivity index (χ3n) is 14.8. The molecular formula is C40H61Na7O55S9. The van der Waals surface area contributed by atoms with Crippen molar-refractivity contribution in [3.63, 3.8) is 0 Å². The Balaban J connectivity index is -0.0000167. The Morgan fingerprint density at radius 1 is 0.333 bits per heavy atom. The van der Waals surface area contributed by atoms with Crippen molar-refractivity contribution in [1.29, 1.82) is 0 Å². The van der Waals surface area contributed by atoms with Crippen molar-refractivity contribution in [1.82, 2.24) is 0 Å². The van der Waals surface area contributed by atoms with Crippen molar-refractivity contribution in [2.75, 3.05) is 76.7 Å². The summed E-state index contributed by atoms with van der Waals surface area (Å²) < 4.78 is 460. The van der Waals surface area contributed by atoms with Gasteiger partial charge in [-0.3, -0.25) is 38.4 Å². The van der Waals surface area contributed by atoms with Gasteiger partial charge < -0.3 is 121 Å². The third-order valence-corrected chi connectivity index (χ3v) is 18.6. The van der Waals surface area contributed by atoms with Crippen molar-refractivity contribution >= 4 is 106 Å². The minimum Gasteiger partial charge on any atom is -0.726 e. The van der Waals surface area contributed by atoms with E-state index in [4.69, 9.17) is 80.5 Å². The zero-order valence-electron chi connectivity index (χ0n) is 60.4. The molecule has 111 heavy (non-hydrogen) atoms. The van der Waals surface area contributed by atoms with E-state index in [9.17, 15) is 126 Å². The second-order valence-corrected chi connectivity index (χ2v) is 30.1. The van der Waals surface area contributed by atoms with Crippen LogP contribution in [0.5, 0.6) is 0 Å². The van der Waals surface area contributed by atoms with Crippen molar-refractivity contribution in [3.8, 4) is 0 Å². The van der Waals surface area contributed by atoms with Gasteiger partial charge in [0.1, 0.15) is 97.7 Å². The van der Waals surface area contributed by atoms with Gasteiger partial charge in [-0.25, -0.2) is 68.5 Å². The van der Waals surface area contributed by atoms with Gasteiger partial charge in [0.15, 0.2) is 55.4 Å². The van der Waals surface area contributed by atoms with E-state index in [2.05, 4.69) is 37.6 Å². The average molecular weight is 1870 g/mol. The fourth-order valence-electron chi connectivity index (χ4n) is 11.0. The Hall–Kier alpha value is 4.17. The van der Waals surface area contributed by atoms with E-state index in [1.54, 1.807) is 0 Å². The molecule has 0 saturated carbocycles. The van der Waals surface area contributed by atoms with Gasteiger partial charge in [0.2, 0.25) is 72.8 Å². The summed E-state index contributed by atoms with van der Waals surface area (Å²) in [7, 11) is -49.9. The summed E-state index contributed by atoms with van der Waals surface area (Å²) in [6.45, 7) is -4.14. The molecule has 0 aromatic heterocycles. The zero-order chi connectivity index (χ0) is 79.2. The minimum absolute atomic E-state index is 0. The molecular weight excluding hydrogens is 1810 g/mol.